The van der Waals surface area contributed by atoms with Gasteiger partial charge in [-0.05, 0) is 24.3 Å². The minimum atomic E-state index is 0.359. The van der Waals surface area contributed by atoms with Crippen molar-refractivity contribution in [2.24, 2.45) is 0 Å². The summed E-state index contributed by atoms with van der Waals surface area (Å²) in [7, 11) is 0. The van der Waals surface area contributed by atoms with Gasteiger partial charge in [0.05, 0.1) is 17.3 Å². The molecule has 4 heteroatoms. The molecule has 0 radical (unpaired) electrons. The summed E-state index contributed by atoms with van der Waals surface area (Å²) in [6, 6.07) is 8.76. The molecule has 0 aliphatic rings. The van der Waals surface area contributed by atoms with Crippen LogP contribution in [0.4, 0.5) is 0 Å². The normalized spacial score (nSPS) is 9.53. The van der Waals surface area contributed by atoms with Crippen molar-refractivity contribution in [1.29, 1.82) is 5.26 Å². The van der Waals surface area contributed by atoms with Crippen LogP contribution in [0.1, 0.15) is 15.9 Å². The molecule has 2 rings (SSSR count). The highest BCUT2D eigenvalue weighted by Gasteiger charge is 2.03. The maximum atomic E-state index is 10.6. The second kappa shape index (κ2) is 3.76. The lowest BCUT2D eigenvalue weighted by molar-refractivity contribution is 0.112. The third-order valence-electron chi connectivity index (χ3n) is 2.05. The molecule has 0 aliphatic carbocycles. The van der Waals surface area contributed by atoms with Crippen LogP contribution in [-0.4, -0.2) is 16.1 Å². The van der Waals surface area contributed by atoms with Crippen LogP contribution in [0.2, 0.25) is 0 Å². The zero-order valence-electron chi connectivity index (χ0n) is 7.79. The van der Waals surface area contributed by atoms with Crippen molar-refractivity contribution < 1.29 is 4.79 Å². The smallest absolute Gasteiger partial charge is 0.151 e. The monoisotopic (exact) mass is 197 g/mol. The number of rotatable bonds is 2. The molecule has 0 saturated heterocycles. The Morgan fingerprint density at radius 2 is 2.33 bits per heavy atom. The topological polar surface area (TPSA) is 58.7 Å². The molecule has 72 valence electrons. The molecule has 1 aromatic carbocycles. The van der Waals surface area contributed by atoms with E-state index in [1.165, 1.54) is 0 Å². The predicted molar refractivity (Wildman–Crippen MR) is 53.7 cm³/mol. The summed E-state index contributed by atoms with van der Waals surface area (Å²) in [5.41, 5.74) is 1.52. The quantitative estimate of drug-likeness (QED) is 0.686. The SMILES string of the molecule is N#Cc1cc(-n2cccn2)ccc1C=O. The molecular formula is C11H7N3O. The Morgan fingerprint density at radius 1 is 1.47 bits per heavy atom. The lowest BCUT2D eigenvalue weighted by atomic mass is 10.1. The number of carbonyl (C=O) groups excluding carboxylic acids is 1. The average molecular weight is 197 g/mol. The number of benzene rings is 1. The summed E-state index contributed by atoms with van der Waals surface area (Å²) in [6.45, 7) is 0. The molecule has 0 saturated carbocycles. The highest BCUT2D eigenvalue weighted by atomic mass is 16.1. The molecule has 15 heavy (non-hydrogen) atoms. The van der Waals surface area contributed by atoms with Crippen LogP contribution in [0.15, 0.2) is 36.7 Å². The van der Waals surface area contributed by atoms with Crippen LogP contribution >= 0.6 is 0 Å². The van der Waals surface area contributed by atoms with Gasteiger partial charge in [-0.15, -0.1) is 0 Å². The Morgan fingerprint density at radius 3 is 2.93 bits per heavy atom. The van der Waals surface area contributed by atoms with Crippen molar-refractivity contribution in [3.05, 3.63) is 47.8 Å². The van der Waals surface area contributed by atoms with E-state index in [-0.39, 0.29) is 0 Å². The van der Waals surface area contributed by atoms with Gasteiger partial charge in [-0.1, -0.05) is 0 Å². The number of carbonyl (C=O) groups is 1. The molecule has 0 N–H and O–H groups in total. The first-order chi connectivity index (χ1) is 7.35. The number of hydrogen-bond acceptors (Lipinski definition) is 3. The van der Waals surface area contributed by atoms with Gasteiger partial charge in [0.1, 0.15) is 0 Å². The average Bonchev–Trinajstić information content (AvgIpc) is 2.81. The van der Waals surface area contributed by atoms with Gasteiger partial charge in [0.2, 0.25) is 0 Å². The maximum absolute atomic E-state index is 10.6. The minimum absolute atomic E-state index is 0.359. The molecule has 0 unspecified atom stereocenters. The number of nitrogens with zero attached hydrogens (tertiary/aromatic N) is 3. The fourth-order valence-electron chi connectivity index (χ4n) is 1.31. The largest absolute Gasteiger partial charge is 0.298 e. The molecule has 1 heterocycles. The lowest BCUT2D eigenvalue weighted by Crippen LogP contribution is -1.96. The second-order valence-electron chi connectivity index (χ2n) is 2.95. The second-order valence-corrected chi connectivity index (χ2v) is 2.95. The molecule has 0 atom stereocenters. The zero-order chi connectivity index (χ0) is 10.7. The van der Waals surface area contributed by atoms with E-state index in [1.807, 2.05) is 6.07 Å². The van der Waals surface area contributed by atoms with Gasteiger partial charge in [-0.25, -0.2) is 4.68 Å². The van der Waals surface area contributed by atoms with Gasteiger partial charge in [-0.2, -0.15) is 10.4 Å². The van der Waals surface area contributed by atoms with Gasteiger partial charge < -0.3 is 0 Å². The first-order valence-corrected chi connectivity index (χ1v) is 4.34. The zero-order valence-corrected chi connectivity index (χ0v) is 7.79. The lowest BCUT2D eigenvalue weighted by Gasteiger charge is -2.02. The minimum Gasteiger partial charge on any atom is -0.298 e. The van der Waals surface area contributed by atoms with E-state index in [9.17, 15) is 4.79 Å². The summed E-state index contributed by atoms with van der Waals surface area (Å²) in [5.74, 6) is 0. The molecule has 0 amide bonds. The molecule has 0 bridgehead atoms. The van der Waals surface area contributed by atoms with E-state index >= 15 is 0 Å². The van der Waals surface area contributed by atoms with Crippen LogP contribution in [-0.2, 0) is 0 Å². The third kappa shape index (κ3) is 1.63. The highest BCUT2D eigenvalue weighted by molar-refractivity contribution is 5.79. The molecule has 0 aliphatic heterocycles. The van der Waals surface area contributed by atoms with Crippen molar-refractivity contribution in [2.45, 2.75) is 0 Å². The summed E-state index contributed by atoms with van der Waals surface area (Å²) < 4.78 is 1.63. The van der Waals surface area contributed by atoms with E-state index in [2.05, 4.69) is 5.10 Å². The fourth-order valence-corrected chi connectivity index (χ4v) is 1.31. The van der Waals surface area contributed by atoms with Gasteiger partial charge in [0, 0.05) is 18.0 Å². The van der Waals surface area contributed by atoms with E-state index in [0.717, 1.165) is 5.69 Å². The molecule has 0 spiro atoms. The summed E-state index contributed by atoms with van der Waals surface area (Å²) in [5, 5.41) is 12.9. The Bertz CT molecular complexity index is 523. The number of aldehydes is 1. The Labute approximate surface area is 86.4 Å². The van der Waals surface area contributed by atoms with Gasteiger partial charge in [0.15, 0.2) is 6.29 Å². The fraction of sp³-hybridized carbons (Fsp3) is 0. The van der Waals surface area contributed by atoms with Crippen LogP contribution in [0, 0.1) is 11.3 Å². The molecule has 1 aromatic heterocycles. The molecule has 2 aromatic rings. The van der Waals surface area contributed by atoms with Crippen molar-refractivity contribution in [2.75, 3.05) is 0 Å². The van der Waals surface area contributed by atoms with Gasteiger partial charge in [-0.3, -0.25) is 4.79 Å². The van der Waals surface area contributed by atoms with Crippen molar-refractivity contribution in [3.8, 4) is 11.8 Å². The highest BCUT2D eigenvalue weighted by Crippen LogP contribution is 2.12. The standard InChI is InChI=1S/C11H7N3O/c12-7-10-6-11(3-2-9(10)8-15)14-5-1-4-13-14/h1-6,8H. The first kappa shape index (κ1) is 9.16. The predicted octanol–water partition coefficient (Wildman–Crippen LogP) is 1.56. The third-order valence-corrected chi connectivity index (χ3v) is 2.05. The van der Waals surface area contributed by atoms with Crippen LogP contribution < -0.4 is 0 Å². The molecule has 4 nitrogen and oxygen atoms in total. The Balaban J connectivity index is 2.54. The number of hydrogen-bond donors (Lipinski definition) is 0. The summed E-state index contributed by atoms with van der Waals surface area (Å²) in [6.07, 6.45) is 4.10. The molecule has 0 fully saturated rings. The maximum Gasteiger partial charge on any atom is 0.151 e. The number of nitriles is 1. The number of aromatic nitrogens is 2. The van der Waals surface area contributed by atoms with Crippen LogP contribution in [0.25, 0.3) is 5.69 Å². The Kier molecular flexibility index (Phi) is 2.30. The summed E-state index contributed by atoms with van der Waals surface area (Å²) >= 11 is 0. The molecular weight excluding hydrogens is 190 g/mol. The van der Waals surface area contributed by atoms with E-state index < -0.39 is 0 Å². The van der Waals surface area contributed by atoms with Crippen molar-refractivity contribution in [1.82, 2.24) is 9.78 Å². The van der Waals surface area contributed by atoms with Gasteiger partial charge in [0.25, 0.3) is 0 Å². The van der Waals surface area contributed by atoms with Crippen LogP contribution in [0.5, 0.6) is 0 Å². The first-order valence-electron chi connectivity index (χ1n) is 4.34. The van der Waals surface area contributed by atoms with Crippen molar-refractivity contribution >= 4 is 6.29 Å². The van der Waals surface area contributed by atoms with E-state index in [1.54, 1.807) is 41.3 Å². The van der Waals surface area contributed by atoms with E-state index in [4.69, 9.17) is 5.26 Å². The van der Waals surface area contributed by atoms with Gasteiger partial charge >= 0.3 is 0 Å². The Hall–Kier alpha value is -2.41. The summed E-state index contributed by atoms with van der Waals surface area (Å²) in [4.78, 5) is 10.6. The van der Waals surface area contributed by atoms with Crippen LogP contribution in [0.3, 0.4) is 0 Å². The van der Waals surface area contributed by atoms with Crippen molar-refractivity contribution in [3.63, 3.8) is 0 Å². The van der Waals surface area contributed by atoms with E-state index in [0.29, 0.717) is 17.4 Å².